The molecular formula is C14H13Br2NO. The third kappa shape index (κ3) is 3.06. The van der Waals surface area contributed by atoms with E-state index in [1.807, 2.05) is 36.4 Å². The molecule has 0 heterocycles. The fraction of sp³-hybridized carbons (Fsp3) is 0.143. The number of rotatable bonds is 4. The number of halogens is 2. The van der Waals surface area contributed by atoms with Crippen LogP contribution in [0.3, 0.4) is 0 Å². The van der Waals surface area contributed by atoms with Gasteiger partial charge in [0.1, 0.15) is 5.75 Å². The summed E-state index contributed by atoms with van der Waals surface area (Å²) in [5, 5.41) is 3.40. The lowest BCUT2D eigenvalue weighted by molar-refractivity contribution is 0.410. The standard InChI is InChI=1S/C14H13Br2NO/c1-18-13-8-3-2-5-10(13)9-17-14-11(15)6-4-7-12(14)16/h2-8,17H,9H2,1H3. The molecule has 0 radical (unpaired) electrons. The van der Waals surface area contributed by atoms with Crippen LogP contribution in [-0.2, 0) is 6.54 Å². The van der Waals surface area contributed by atoms with Gasteiger partial charge >= 0.3 is 0 Å². The molecule has 2 nitrogen and oxygen atoms in total. The van der Waals surface area contributed by atoms with Gasteiger partial charge < -0.3 is 10.1 Å². The molecule has 0 fully saturated rings. The maximum atomic E-state index is 5.33. The molecule has 0 aliphatic carbocycles. The van der Waals surface area contributed by atoms with E-state index in [4.69, 9.17) is 4.74 Å². The predicted octanol–water partition coefficient (Wildman–Crippen LogP) is 4.83. The highest BCUT2D eigenvalue weighted by Gasteiger charge is 2.06. The number of hydrogen-bond donors (Lipinski definition) is 1. The molecule has 0 aliphatic heterocycles. The second kappa shape index (κ2) is 6.25. The van der Waals surface area contributed by atoms with Crippen molar-refractivity contribution in [2.45, 2.75) is 6.54 Å². The van der Waals surface area contributed by atoms with Gasteiger partial charge in [0.15, 0.2) is 0 Å². The Labute approximate surface area is 124 Å². The third-order valence-corrected chi connectivity index (χ3v) is 3.93. The van der Waals surface area contributed by atoms with Crippen LogP contribution >= 0.6 is 31.9 Å². The largest absolute Gasteiger partial charge is 0.496 e. The molecule has 18 heavy (non-hydrogen) atoms. The monoisotopic (exact) mass is 369 g/mol. The molecule has 2 aromatic carbocycles. The normalized spacial score (nSPS) is 10.2. The molecule has 0 aliphatic rings. The lowest BCUT2D eigenvalue weighted by atomic mass is 10.2. The first-order valence-electron chi connectivity index (χ1n) is 5.52. The Balaban J connectivity index is 2.16. The van der Waals surface area contributed by atoms with Crippen molar-refractivity contribution in [1.29, 1.82) is 0 Å². The predicted molar refractivity (Wildman–Crippen MR) is 82.2 cm³/mol. The Morgan fingerprint density at radius 1 is 1.00 bits per heavy atom. The molecule has 0 atom stereocenters. The summed E-state index contributed by atoms with van der Waals surface area (Å²) >= 11 is 7.06. The minimum Gasteiger partial charge on any atom is -0.496 e. The van der Waals surface area contributed by atoms with Crippen molar-refractivity contribution in [1.82, 2.24) is 0 Å². The number of ether oxygens (including phenoxy) is 1. The second-order valence-electron chi connectivity index (χ2n) is 3.76. The highest BCUT2D eigenvalue weighted by Crippen LogP contribution is 2.31. The van der Waals surface area contributed by atoms with Gasteiger partial charge in [0, 0.05) is 21.1 Å². The van der Waals surface area contributed by atoms with Gasteiger partial charge in [-0.15, -0.1) is 0 Å². The van der Waals surface area contributed by atoms with E-state index < -0.39 is 0 Å². The molecule has 0 saturated carbocycles. The van der Waals surface area contributed by atoms with Gasteiger partial charge in [-0.2, -0.15) is 0 Å². The zero-order valence-corrected chi connectivity index (χ0v) is 13.1. The van der Waals surface area contributed by atoms with Crippen LogP contribution < -0.4 is 10.1 Å². The quantitative estimate of drug-likeness (QED) is 0.831. The maximum Gasteiger partial charge on any atom is 0.123 e. The number of benzene rings is 2. The first kappa shape index (κ1) is 13.4. The smallest absolute Gasteiger partial charge is 0.123 e. The molecule has 2 rings (SSSR count). The Morgan fingerprint density at radius 3 is 2.33 bits per heavy atom. The van der Waals surface area contributed by atoms with Gasteiger partial charge in [-0.25, -0.2) is 0 Å². The molecule has 0 saturated heterocycles. The molecular weight excluding hydrogens is 358 g/mol. The van der Waals surface area contributed by atoms with Crippen molar-refractivity contribution in [2.75, 3.05) is 12.4 Å². The van der Waals surface area contributed by atoms with Crippen molar-refractivity contribution in [3.8, 4) is 5.75 Å². The first-order chi connectivity index (χ1) is 8.72. The highest BCUT2D eigenvalue weighted by atomic mass is 79.9. The average molecular weight is 371 g/mol. The molecule has 94 valence electrons. The molecule has 2 aromatic rings. The van der Waals surface area contributed by atoms with Crippen LogP contribution in [0.4, 0.5) is 5.69 Å². The third-order valence-electron chi connectivity index (χ3n) is 2.61. The lowest BCUT2D eigenvalue weighted by Crippen LogP contribution is -2.02. The SMILES string of the molecule is COc1ccccc1CNc1c(Br)cccc1Br. The topological polar surface area (TPSA) is 21.3 Å². The second-order valence-corrected chi connectivity index (χ2v) is 5.47. The van der Waals surface area contributed by atoms with Crippen LogP contribution in [0.25, 0.3) is 0 Å². The molecule has 0 unspecified atom stereocenters. The van der Waals surface area contributed by atoms with Crippen LogP contribution in [0, 0.1) is 0 Å². The van der Waals surface area contributed by atoms with E-state index >= 15 is 0 Å². The Morgan fingerprint density at radius 2 is 1.67 bits per heavy atom. The Bertz CT molecular complexity index is 523. The summed E-state index contributed by atoms with van der Waals surface area (Å²) in [5.74, 6) is 0.896. The average Bonchev–Trinajstić information content (AvgIpc) is 2.38. The molecule has 0 spiro atoms. The summed E-state index contributed by atoms with van der Waals surface area (Å²) in [6, 6.07) is 14.0. The minimum atomic E-state index is 0.714. The molecule has 0 bridgehead atoms. The first-order valence-corrected chi connectivity index (χ1v) is 7.10. The number of anilines is 1. The molecule has 1 N–H and O–H groups in total. The van der Waals surface area contributed by atoms with Crippen LogP contribution in [0.5, 0.6) is 5.75 Å². The zero-order valence-electron chi connectivity index (χ0n) is 9.91. The van der Waals surface area contributed by atoms with Crippen molar-refractivity contribution < 1.29 is 4.74 Å². The fourth-order valence-electron chi connectivity index (χ4n) is 1.70. The van der Waals surface area contributed by atoms with E-state index in [1.54, 1.807) is 7.11 Å². The highest BCUT2D eigenvalue weighted by molar-refractivity contribution is 9.11. The van der Waals surface area contributed by atoms with Gasteiger partial charge in [-0.1, -0.05) is 24.3 Å². The summed E-state index contributed by atoms with van der Waals surface area (Å²) in [6.45, 7) is 0.714. The summed E-state index contributed by atoms with van der Waals surface area (Å²) in [7, 11) is 1.69. The van der Waals surface area contributed by atoms with E-state index in [0.717, 1.165) is 25.9 Å². The van der Waals surface area contributed by atoms with E-state index in [0.29, 0.717) is 6.54 Å². The number of methoxy groups -OCH3 is 1. The van der Waals surface area contributed by atoms with Gasteiger partial charge in [-0.3, -0.25) is 0 Å². The van der Waals surface area contributed by atoms with Crippen molar-refractivity contribution in [3.63, 3.8) is 0 Å². The van der Waals surface area contributed by atoms with Crippen LogP contribution in [-0.4, -0.2) is 7.11 Å². The van der Waals surface area contributed by atoms with Crippen LogP contribution in [0.15, 0.2) is 51.4 Å². The maximum absolute atomic E-state index is 5.33. The Kier molecular flexibility index (Phi) is 4.66. The van der Waals surface area contributed by atoms with E-state index in [-0.39, 0.29) is 0 Å². The van der Waals surface area contributed by atoms with E-state index in [9.17, 15) is 0 Å². The van der Waals surface area contributed by atoms with Gasteiger partial charge in [0.05, 0.1) is 12.8 Å². The molecule has 0 amide bonds. The minimum absolute atomic E-state index is 0.714. The van der Waals surface area contributed by atoms with Gasteiger partial charge in [0.2, 0.25) is 0 Å². The summed E-state index contributed by atoms with van der Waals surface area (Å²) in [6.07, 6.45) is 0. The van der Waals surface area contributed by atoms with E-state index in [2.05, 4.69) is 43.2 Å². The van der Waals surface area contributed by atoms with Crippen molar-refractivity contribution in [2.24, 2.45) is 0 Å². The molecule has 0 aromatic heterocycles. The number of para-hydroxylation sites is 2. The van der Waals surface area contributed by atoms with Crippen molar-refractivity contribution in [3.05, 3.63) is 57.0 Å². The summed E-state index contributed by atoms with van der Waals surface area (Å²) in [4.78, 5) is 0. The Hall–Kier alpha value is -1.000. The van der Waals surface area contributed by atoms with Crippen LogP contribution in [0.2, 0.25) is 0 Å². The van der Waals surface area contributed by atoms with Gasteiger partial charge in [0.25, 0.3) is 0 Å². The lowest BCUT2D eigenvalue weighted by Gasteiger charge is -2.13. The summed E-state index contributed by atoms with van der Waals surface area (Å²) < 4.78 is 7.40. The molecule has 4 heteroatoms. The number of nitrogens with one attached hydrogen (secondary N) is 1. The van der Waals surface area contributed by atoms with Crippen LogP contribution in [0.1, 0.15) is 5.56 Å². The fourth-order valence-corrected chi connectivity index (χ4v) is 2.98. The zero-order chi connectivity index (χ0) is 13.0. The number of hydrogen-bond acceptors (Lipinski definition) is 2. The summed E-state index contributed by atoms with van der Waals surface area (Å²) in [5.41, 5.74) is 2.17. The van der Waals surface area contributed by atoms with Gasteiger partial charge in [-0.05, 0) is 50.1 Å². The van der Waals surface area contributed by atoms with E-state index in [1.165, 1.54) is 0 Å². The van der Waals surface area contributed by atoms with Crippen molar-refractivity contribution >= 4 is 37.5 Å².